The fraction of sp³-hybridized carbons (Fsp3) is 0.600. The van der Waals surface area contributed by atoms with E-state index in [2.05, 4.69) is 16.7 Å². The normalized spacial score (nSPS) is 13.4. The maximum atomic E-state index is 12.4. The molecule has 6 heteroatoms. The summed E-state index contributed by atoms with van der Waals surface area (Å²) in [4.78, 5) is 6.82. The lowest BCUT2D eigenvalue weighted by Crippen LogP contribution is -2.21. The van der Waals surface area contributed by atoms with Gasteiger partial charge in [-0.2, -0.15) is 13.2 Å². The van der Waals surface area contributed by atoms with Gasteiger partial charge < -0.3 is 4.74 Å². The van der Waals surface area contributed by atoms with Gasteiger partial charge in [-0.25, -0.2) is 0 Å². The third-order valence-electron chi connectivity index (χ3n) is 1.52. The first-order valence-corrected chi connectivity index (χ1v) is 4.80. The van der Waals surface area contributed by atoms with Crippen molar-refractivity contribution < 1.29 is 17.9 Å². The summed E-state index contributed by atoms with van der Waals surface area (Å²) in [7, 11) is 0. The van der Waals surface area contributed by atoms with Gasteiger partial charge in [0.15, 0.2) is 0 Å². The van der Waals surface area contributed by atoms with E-state index < -0.39 is 11.9 Å². The van der Waals surface area contributed by atoms with Gasteiger partial charge >= 0.3 is 6.18 Å². The van der Waals surface area contributed by atoms with Crippen molar-refractivity contribution in [1.29, 1.82) is 0 Å². The first-order chi connectivity index (χ1) is 7.52. The summed E-state index contributed by atoms with van der Waals surface area (Å²) in [6.45, 7) is 5.70. The molecule has 16 heavy (non-hydrogen) atoms. The molecule has 0 aromatic carbocycles. The van der Waals surface area contributed by atoms with E-state index in [1.807, 2.05) is 0 Å². The van der Waals surface area contributed by atoms with Crippen LogP contribution in [0.2, 0.25) is 0 Å². The van der Waals surface area contributed by atoms with E-state index in [9.17, 15) is 13.2 Å². The van der Waals surface area contributed by atoms with Crippen molar-refractivity contribution in [2.75, 3.05) is 26.3 Å². The number of hydrogen-bond acceptors (Lipinski definition) is 3. The maximum absolute atomic E-state index is 12.4. The highest BCUT2D eigenvalue weighted by Gasteiger charge is 2.33. The molecule has 0 amide bonds. The minimum atomic E-state index is -4.44. The molecule has 0 saturated heterocycles. The number of ether oxygens (including phenoxy) is 1. The fourth-order valence-corrected chi connectivity index (χ4v) is 0.824. The number of hydrogen-bond donors (Lipinski definition) is 0. The lowest BCUT2D eigenvalue weighted by Gasteiger charge is -2.06. The fourth-order valence-electron chi connectivity index (χ4n) is 0.824. The van der Waals surface area contributed by atoms with Crippen molar-refractivity contribution in [2.24, 2.45) is 9.98 Å². The molecule has 0 aromatic heterocycles. The Balaban J connectivity index is 4.38. The van der Waals surface area contributed by atoms with Crippen LogP contribution >= 0.6 is 0 Å². The van der Waals surface area contributed by atoms with Gasteiger partial charge in [-0.15, -0.1) is 0 Å². The lowest BCUT2D eigenvalue weighted by molar-refractivity contribution is -0.0578. The van der Waals surface area contributed by atoms with Crippen molar-refractivity contribution in [3.8, 4) is 0 Å². The third kappa shape index (κ3) is 7.17. The standard InChI is InChI=1S/C10H15F3N2O/c1-3-16-8-4-5-9(10(11,12)13)15-7-6-14-2/h4-5H,2-3,6-8H2,1H3/b5-4-,15-9?. The summed E-state index contributed by atoms with van der Waals surface area (Å²) in [6, 6.07) is 0. The Morgan fingerprint density at radius 3 is 2.56 bits per heavy atom. The third-order valence-corrected chi connectivity index (χ3v) is 1.52. The predicted molar refractivity (Wildman–Crippen MR) is 58.4 cm³/mol. The Hall–Kier alpha value is -1.17. The van der Waals surface area contributed by atoms with Crippen molar-refractivity contribution in [3.05, 3.63) is 12.2 Å². The zero-order chi connectivity index (χ0) is 12.4. The molecule has 0 aliphatic carbocycles. The van der Waals surface area contributed by atoms with Gasteiger partial charge in [0, 0.05) is 6.61 Å². The number of halogens is 3. The molecule has 0 aliphatic rings. The van der Waals surface area contributed by atoms with E-state index in [1.54, 1.807) is 6.92 Å². The Morgan fingerprint density at radius 2 is 2.06 bits per heavy atom. The van der Waals surface area contributed by atoms with E-state index in [0.717, 1.165) is 6.08 Å². The summed E-state index contributed by atoms with van der Waals surface area (Å²) in [5.74, 6) is 0. The van der Waals surface area contributed by atoms with E-state index in [4.69, 9.17) is 4.74 Å². The summed E-state index contributed by atoms with van der Waals surface area (Å²) in [5.41, 5.74) is -0.921. The average Bonchev–Trinajstić information content (AvgIpc) is 2.20. The van der Waals surface area contributed by atoms with E-state index in [0.29, 0.717) is 6.61 Å². The second-order valence-electron chi connectivity index (χ2n) is 2.77. The first-order valence-electron chi connectivity index (χ1n) is 4.80. The average molecular weight is 236 g/mol. The van der Waals surface area contributed by atoms with Gasteiger partial charge in [0.2, 0.25) is 0 Å². The van der Waals surface area contributed by atoms with Crippen LogP contribution in [0.15, 0.2) is 22.1 Å². The summed E-state index contributed by atoms with van der Waals surface area (Å²) >= 11 is 0. The lowest BCUT2D eigenvalue weighted by atomic mass is 10.3. The number of allylic oxidation sites excluding steroid dienone is 1. The minimum Gasteiger partial charge on any atom is -0.378 e. The summed E-state index contributed by atoms with van der Waals surface area (Å²) in [5, 5.41) is 0. The first kappa shape index (κ1) is 14.8. The minimum absolute atomic E-state index is 0.0165. The molecule has 0 radical (unpaired) electrons. The highest BCUT2D eigenvalue weighted by molar-refractivity contribution is 5.99. The van der Waals surface area contributed by atoms with Crippen LogP contribution in [0.4, 0.5) is 13.2 Å². The van der Waals surface area contributed by atoms with Crippen LogP contribution in [0.1, 0.15) is 6.92 Å². The van der Waals surface area contributed by atoms with Crippen LogP contribution in [0, 0.1) is 0 Å². The SMILES string of the molecule is C=NCCN=C(/C=C\COCC)C(F)(F)F. The van der Waals surface area contributed by atoms with Crippen LogP contribution in [0.3, 0.4) is 0 Å². The second-order valence-corrected chi connectivity index (χ2v) is 2.77. The van der Waals surface area contributed by atoms with Crippen LogP contribution in [0.25, 0.3) is 0 Å². The molecule has 0 aliphatic heterocycles. The van der Waals surface area contributed by atoms with Crippen LogP contribution in [-0.2, 0) is 4.74 Å². The van der Waals surface area contributed by atoms with Crippen molar-refractivity contribution in [2.45, 2.75) is 13.1 Å². The number of rotatable bonds is 7. The molecular weight excluding hydrogens is 221 g/mol. The van der Waals surface area contributed by atoms with Crippen molar-refractivity contribution >= 4 is 12.4 Å². The quantitative estimate of drug-likeness (QED) is 0.493. The molecule has 0 rings (SSSR count). The highest BCUT2D eigenvalue weighted by atomic mass is 19.4. The van der Waals surface area contributed by atoms with Crippen molar-refractivity contribution in [3.63, 3.8) is 0 Å². The number of aliphatic imine (C=N–C) groups is 2. The molecule has 0 heterocycles. The Labute approximate surface area is 92.7 Å². The van der Waals surface area contributed by atoms with Gasteiger partial charge in [0.05, 0.1) is 19.7 Å². The van der Waals surface area contributed by atoms with Gasteiger partial charge in [-0.05, 0) is 19.7 Å². The molecule has 3 nitrogen and oxygen atoms in total. The van der Waals surface area contributed by atoms with E-state index in [-0.39, 0.29) is 19.7 Å². The van der Waals surface area contributed by atoms with Gasteiger partial charge in [-0.1, -0.05) is 6.08 Å². The zero-order valence-electron chi connectivity index (χ0n) is 9.13. The zero-order valence-corrected chi connectivity index (χ0v) is 9.13. The monoisotopic (exact) mass is 236 g/mol. The van der Waals surface area contributed by atoms with E-state index in [1.165, 1.54) is 6.08 Å². The Bertz CT molecular complexity index is 259. The van der Waals surface area contributed by atoms with Gasteiger partial charge in [-0.3, -0.25) is 9.98 Å². The molecule has 0 saturated carbocycles. The topological polar surface area (TPSA) is 34.0 Å². The Morgan fingerprint density at radius 1 is 1.38 bits per heavy atom. The second kappa shape index (κ2) is 8.04. The molecule has 0 atom stereocenters. The van der Waals surface area contributed by atoms with Crippen LogP contribution < -0.4 is 0 Å². The molecule has 0 fully saturated rings. The predicted octanol–water partition coefficient (Wildman–Crippen LogP) is 2.28. The summed E-state index contributed by atoms with van der Waals surface area (Å²) in [6.07, 6.45) is -2.24. The largest absolute Gasteiger partial charge is 0.432 e. The van der Waals surface area contributed by atoms with Crippen LogP contribution in [-0.4, -0.2) is 44.9 Å². The molecular formula is C10H15F3N2O. The number of alkyl halides is 3. The molecule has 0 bridgehead atoms. The smallest absolute Gasteiger partial charge is 0.378 e. The molecule has 0 unspecified atom stereocenters. The number of nitrogens with zero attached hydrogens (tertiary/aromatic N) is 2. The van der Waals surface area contributed by atoms with E-state index >= 15 is 0 Å². The molecule has 92 valence electrons. The molecule has 0 aromatic rings. The highest BCUT2D eigenvalue weighted by Crippen LogP contribution is 2.18. The van der Waals surface area contributed by atoms with Crippen LogP contribution in [0.5, 0.6) is 0 Å². The van der Waals surface area contributed by atoms with Gasteiger partial charge in [0.1, 0.15) is 5.71 Å². The maximum Gasteiger partial charge on any atom is 0.432 e. The summed E-state index contributed by atoms with van der Waals surface area (Å²) < 4.78 is 42.0. The molecule has 0 spiro atoms. The Kier molecular flexibility index (Phi) is 7.45. The van der Waals surface area contributed by atoms with Crippen molar-refractivity contribution in [1.82, 2.24) is 0 Å². The molecule has 0 N–H and O–H groups in total. The van der Waals surface area contributed by atoms with Gasteiger partial charge in [0.25, 0.3) is 0 Å².